The van der Waals surface area contributed by atoms with E-state index < -0.39 is 11.8 Å². The summed E-state index contributed by atoms with van der Waals surface area (Å²) in [7, 11) is 2.69. The van der Waals surface area contributed by atoms with Gasteiger partial charge in [-0.3, -0.25) is 14.5 Å². The SMILES string of the molecule is COC(=O)[C@@H]1CN([C@H](C)c2ccccc2)C[C@H]1C(=O)OC. The van der Waals surface area contributed by atoms with Crippen LogP contribution in [0, 0.1) is 11.8 Å². The highest BCUT2D eigenvalue weighted by molar-refractivity contribution is 5.83. The molecule has 0 bridgehead atoms. The van der Waals surface area contributed by atoms with Crippen molar-refractivity contribution >= 4 is 11.9 Å². The monoisotopic (exact) mass is 291 g/mol. The number of ether oxygens (including phenoxy) is 2. The fourth-order valence-corrected chi connectivity index (χ4v) is 2.87. The molecule has 21 heavy (non-hydrogen) atoms. The topological polar surface area (TPSA) is 55.8 Å². The standard InChI is InChI=1S/C16H21NO4/c1-11(12-7-5-4-6-8-12)17-9-13(15(18)20-2)14(10-17)16(19)21-3/h4-8,11,13-14H,9-10H2,1-3H3/t11-,13-,14-/m1/s1. The summed E-state index contributed by atoms with van der Waals surface area (Å²) in [5.74, 6) is -1.64. The molecule has 1 fully saturated rings. The Balaban J connectivity index is 2.16. The Morgan fingerprint density at radius 2 is 1.52 bits per heavy atom. The first-order valence-corrected chi connectivity index (χ1v) is 7.03. The van der Waals surface area contributed by atoms with Gasteiger partial charge in [0.25, 0.3) is 0 Å². The maximum absolute atomic E-state index is 11.9. The molecule has 1 aromatic rings. The second-order valence-corrected chi connectivity index (χ2v) is 5.30. The Morgan fingerprint density at radius 3 is 1.95 bits per heavy atom. The van der Waals surface area contributed by atoms with Crippen molar-refractivity contribution in [2.24, 2.45) is 11.8 Å². The maximum Gasteiger partial charge on any atom is 0.310 e. The summed E-state index contributed by atoms with van der Waals surface area (Å²) in [6.07, 6.45) is 0. The summed E-state index contributed by atoms with van der Waals surface area (Å²) in [4.78, 5) is 25.9. The van der Waals surface area contributed by atoms with Gasteiger partial charge in [0.1, 0.15) is 0 Å². The largest absolute Gasteiger partial charge is 0.469 e. The number of carbonyl (C=O) groups is 2. The summed E-state index contributed by atoms with van der Waals surface area (Å²) in [5, 5.41) is 0. The molecule has 1 heterocycles. The molecule has 5 heteroatoms. The van der Waals surface area contributed by atoms with E-state index in [1.165, 1.54) is 14.2 Å². The number of carbonyl (C=O) groups excluding carboxylic acids is 2. The Kier molecular flexibility index (Phi) is 4.96. The number of hydrogen-bond acceptors (Lipinski definition) is 5. The highest BCUT2D eigenvalue weighted by Gasteiger charge is 2.44. The van der Waals surface area contributed by atoms with Gasteiger partial charge in [0.15, 0.2) is 0 Å². The summed E-state index contributed by atoms with van der Waals surface area (Å²) < 4.78 is 9.64. The van der Waals surface area contributed by atoms with Gasteiger partial charge in [-0.15, -0.1) is 0 Å². The molecule has 5 nitrogen and oxygen atoms in total. The van der Waals surface area contributed by atoms with Crippen molar-refractivity contribution in [2.45, 2.75) is 13.0 Å². The third-order valence-electron chi connectivity index (χ3n) is 4.19. The zero-order chi connectivity index (χ0) is 15.4. The van der Waals surface area contributed by atoms with E-state index in [1.807, 2.05) is 30.3 Å². The number of methoxy groups -OCH3 is 2. The van der Waals surface area contributed by atoms with E-state index in [1.54, 1.807) is 0 Å². The van der Waals surface area contributed by atoms with Crippen LogP contribution < -0.4 is 0 Å². The van der Waals surface area contributed by atoms with Crippen LogP contribution in [0.4, 0.5) is 0 Å². The number of likely N-dealkylation sites (tertiary alicyclic amines) is 1. The number of rotatable bonds is 4. The fourth-order valence-electron chi connectivity index (χ4n) is 2.87. The van der Waals surface area contributed by atoms with Crippen molar-refractivity contribution in [3.05, 3.63) is 35.9 Å². The molecule has 0 aromatic heterocycles. The van der Waals surface area contributed by atoms with Gasteiger partial charge in [0, 0.05) is 19.1 Å². The molecule has 0 N–H and O–H groups in total. The molecule has 0 radical (unpaired) electrons. The maximum atomic E-state index is 11.9. The van der Waals surface area contributed by atoms with Gasteiger partial charge in [-0.2, -0.15) is 0 Å². The Hall–Kier alpha value is -1.88. The van der Waals surface area contributed by atoms with Gasteiger partial charge in [-0.05, 0) is 12.5 Å². The molecular formula is C16H21NO4. The summed E-state index contributed by atoms with van der Waals surface area (Å²) in [6, 6.07) is 10.2. The van der Waals surface area contributed by atoms with Crippen LogP contribution in [-0.2, 0) is 19.1 Å². The summed E-state index contributed by atoms with van der Waals surface area (Å²) in [6.45, 7) is 3.08. The molecule has 1 saturated heterocycles. The minimum atomic E-state index is -0.464. The number of benzene rings is 1. The van der Waals surface area contributed by atoms with Crippen molar-refractivity contribution in [3.8, 4) is 0 Å². The lowest BCUT2D eigenvalue weighted by atomic mass is 9.96. The smallest absolute Gasteiger partial charge is 0.310 e. The Morgan fingerprint density at radius 1 is 1.05 bits per heavy atom. The Bertz CT molecular complexity index is 478. The van der Waals surface area contributed by atoms with Gasteiger partial charge in [-0.25, -0.2) is 0 Å². The first-order chi connectivity index (χ1) is 10.1. The average Bonchev–Trinajstić information content (AvgIpc) is 2.98. The van der Waals surface area contributed by atoms with Gasteiger partial charge in [0.05, 0.1) is 26.1 Å². The number of hydrogen-bond donors (Lipinski definition) is 0. The normalized spacial score (nSPS) is 23.6. The molecule has 114 valence electrons. The minimum Gasteiger partial charge on any atom is -0.469 e. The first-order valence-electron chi connectivity index (χ1n) is 7.03. The molecule has 0 spiro atoms. The van der Waals surface area contributed by atoms with Crippen LogP contribution in [0.5, 0.6) is 0 Å². The highest BCUT2D eigenvalue weighted by Crippen LogP contribution is 2.32. The van der Waals surface area contributed by atoms with Crippen LogP contribution in [0.15, 0.2) is 30.3 Å². The molecule has 2 rings (SSSR count). The van der Waals surface area contributed by atoms with Crippen LogP contribution >= 0.6 is 0 Å². The van der Waals surface area contributed by atoms with E-state index in [2.05, 4.69) is 11.8 Å². The van der Waals surface area contributed by atoms with Crippen molar-refractivity contribution in [3.63, 3.8) is 0 Å². The molecule has 0 amide bonds. The van der Waals surface area contributed by atoms with E-state index in [9.17, 15) is 9.59 Å². The third-order valence-corrected chi connectivity index (χ3v) is 4.19. The molecule has 3 atom stereocenters. The van der Waals surface area contributed by atoms with E-state index in [-0.39, 0.29) is 18.0 Å². The molecule has 1 aliphatic rings. The van der Waals surface area contributed by atoms with Crippen LogP contribution in [0.3, 0.4) is 0 Å². The second kappa shape index (κ2) is 6.72. The summed E-state index contributed by atoms with van der Waals surface area (Å²) >= 11 is 0. The fraction of sp³-hybridized carbons (Fsp3) is 0.500. The van der Waals surface area contributed by atoms with Gasteiger partial charge < -0.3 is 9.47 Å². The first kappa shape index (κ1) is 15.5. The zero-order valence-corrected chi connectivity index (χ0v) is 12.6. The summed E-state index contributed by atoms with van der Waals surface area (Å²) in [5.41, 5.74) is 1.16. The lowest BCUT2D eigenvalue weighted by Gasteiger charge is -2.24. The van der Waals surface area contributed by atoms with E-state index in [4.69, 9.17) is 9.47 Å². The Labute approximate surface area is 124 Å². The van der Waals surface area contributed by atoms with Gasteiger partial charge in [-0.1, -0.05) is 30.3 Å². The molecule has 1 aromatic carbocycles. The molecule has 0 saturated carbocycles. The van der Waals surface area contributed by atoms with Crippen LogP contribution in [0.2, 0.25) is 0 Å². The van der Waals surface area contributed by atoms with Crippen molar-refractivity contribution in [1.29, 1.82) is 0 Å². The van der Waals surface area contributed by atoms with Gasteiger partial charge in [0.2, 0.25) is 0 Å². The predicted molar refractivity (Wildman–Crippen MR) is 77.4 cm³/mol. The van der Waals surface area contributed by atoms with E-state index in [0.29, 0.717) is 13.1 Å². The van der Waals surface area contributed by atoms with E-state index in [0.717, 1.165) is 5.56 Å². The molecule has 1 aliphatic heterocycles. The van der Waals surface area contributed by atoms with Crippen LogP contribution in [-0.4, -0.2) is 44.1 Å². The third kappa shape index (κ3) is 3.24. The van der Waals surface area contributed by atoms with Gasteiger partial charge >= 0.3 is 11.9 Å². The molecule has 0 unspecified atom stereocenters. The lowest BCUT2D eigenvalue weighted by Crippen LogP contribution is -2.30. The average molecular weight is 291 g/mol. The van der Waals surface area contributed by atoms with Crippen molar-refractivity contribution in [2.75, 3.05) is 27.3 Å². The minimum absolute atomic E-state index is 0.132. The second-order valence-electron chi connectivity index (χ2n) is 5.30. The van der Waals surface area contributed by atoms with Crippen molar-refractivity contribution < 1.29 is 19.1 Å². The lowest BCUT2D eigenvalue weighted by molar-refractivity contribution is -0.155. The van der Waals surface area contributed by atoms with Crippen LogP contribution in [0.25, 0.3) is 0 Å². The quantitative estimate of drug-likeness (QED) is 0.789. The number of nitrogens with zero attached hydrogens (tertiary/aromatic N) is 1. The predicted octanol–water partition coefficient (Wildman–Crippen LogP) is 1.64. The highest BCUT2D eigenvalue weighted by atomic mass is 16.5. The van der Waals surface area contributed by atoms with E-state index >= 15 is 0 Å². The molecule has 0 aliphatic carbocycles. The molecular weight excluding hydrogens is 270 g/mol. The van der Waals surface area contributed by atoms with Crippen molar-refractivity contribution in [1.82, 2.24) is 4.90 Å². The van der Waals surface area contributed by atoms with Crippen LogP contribution in [0.1, 0.15) is 18.5 Å². The number of esters is 2. The zero-order valence-electron chi connectivity index (χ0n) is 12.6.